The Morgan fingerprint density at radius 3 is 1.09 bits per heavy atom. The van der Waals surface area contributed by atoms with Crippen LogP contribution in [0, 0.1) is 68.6 Å². The molecule has 0 aliphatic heterocycles. The second kappa shape index (κ2) is 38.0. The fourth-order valence-corrected chi connectivity index (χ4v) is 20.2. The van der Waals surface area contributed by atoms with Crippen LogP contribution in [0.15, 0.2) is 158 Å². The molecule has 0 spiro atoms. The third-order valence-corrected chi connectivity index (χ3v) is 27.3. The molecule has 8 bridgehead atoms. The van der Waals surface area contributed by atoms with E-state index in [1.54, 1.807) is 60.8 Å². The minimum Gasteiger partial charge on any atom is -0.484 e. The molecule has 127 heavy (non-hydrogen) atoms. The number of amides is 6. The van der Waals surface area contributed by atoms with Crippen molar-refractivity contribution in [2.24, 2.45) is 22.7 Å². The van der Waals surface area contributed by atoms with Crippen LogP contribution >= 0.6 is 46.4 Å². The number of halogens is 9. The highest BCUT2D eigenvalue weighted by Gasteiger charge is 2.70. The van der Waals surface area contributed by atoms with E-state index >= 15 is 0 Å². The van der Waals surface area contributed by atoms with Gasteiger partial charge in [0.2, 0.25) is 0 Å². The van der Waals surface area contributed by atoms with Crippen molar-refractivity contribution in [3.8, 4) is 35.1 Å². The molecule has 8 aromatic rings. The van der Waals surface area contributed by atoms with Crippen molar-refractivity contribution in [3.05, 3.63) is 246 Å². The number of hydrogen-bond acceptors (Lipinski definition) is 16. The monoisotopic (exact) mass is 1820 g/mol. The van der Waals surface area contributed by atoms with Gasteiger partial charge in [-0.25, -0.2) is 22.0 Å². The van der Waals surface area contributed by atoms with E-state index in [0.29, 0.717) is 51.9 Å². The van der Waals surface area contributed by atoms with Gasteiger partial charge in [-0.1, -0.05) is 87.1 Å². The van der Waals surface area contributed by atoms with Crippen molar-refractivity contribution in [1.29, 1.82) is 10.5 Å². The number of ketones is 2. The highest BCUT2D eigenvalue weighted by Crippen LogP contribution is 2.70. The summed E-state index contributed by atoms with van der Waals surface area (Å²) >= 11 is 22.6. The number of fused-ring (bicyclic) bond motifs is 6. The minimum absolute atomic E-state index is 0.00107. The molecule has 12 aliphatic carbocycles. The smallest absolute Gasteiger partial charge is 0.258 e. The molecular weight excluding hydrogens is 1720 g/mol. The first-order valence-corrected chi connectivity index (χ1v) is 43.5. The summed E-state index contributed by atoms with van der Waals surface area (Å²) in [4.78, 5) is 109. The number of carbonyl (C=O) groups excluding carboxylic acids is 8. The lowest BCUT2D eigenvalue weighted by Gasteiger charge is -2.70. The number of carbonyl (C=O) groups is 8. The maximum absolute atomic E-state index is 13.6. The predicted molar refractivity (Wildman–Crippen MR) is 465 cm³/mol. The third kappa shape index (κ3) is 22.1. The molecule has 20 rings (SSSR count). The van der Waals surface area contributed by atoms with Crippen LogP contribution in [0.1, 0.15) is 227 Å². The number of ether oxygens (including phenoxy) is 4. The van der Waals surface area contributed by atoms with Gasteiger partial charge in [-0.2, -0.15) is 10.5 Å². The normalized spacial score (nSPS) is 25.1. The fraction of sp³-hybridized carbons (Fsp3) is 0.417. The molecule has 0 saturated heterocycles. The quantitative estimate of drug-likeness (QED) is 0.0206. The minimum atomic E-state index is -1.17. The Kier molecular flexibility index (Phi) is 27.9. The summed E-state index contributed by atoms with van der Waals surface area (Å²) in [6.07, 6.45) is 14.9. The van der Waals surface area contributed by atoms with Gasteiger partial charge in [-0.3, -0.25) is 48.3 Å². The Balaban J connectivity index is 0.000000145. The van der Waals surface area contributed by atoms with Gasteiger partial charge < -0.3 is 50.8 Å². The number of nitriles is 2. The van der Waals surface area contributed by atoms with E-state index in [9.17, 15) is 60.3 Å². The van der Waals surface area contributed by atoms with Crippen LogP contribution in [0.3, 0.4) is 0 Å². The molecule has 12 saturated carbocycles. The zero-order valence-electron chi connectivity index (χ0n) is 70.9. The van der Waals surface area contributed by atoms with Gasteiger partial charge in [0.15, 0.2) is 38.0 Å². The van der Waals surface area contributed by atoms with Gasteiger partial charge in [0.25, 0.3) is 35.4 Å². The Labute approximate surface area is 752 Å². The number of rotatable bonds is 27. The summed E-state index contributed by atoms with van der Waals surface area (Å²) in [6.45, 7) is 11.0. The number of benzene rings is 6. The molecule has 0 radical (unpaired) electrons. The molecule has 12 fully saturated rings. The van der Waals surface area contributed by atoms with Gasteiger partial charge in [0, 0.05) is 116 Å². The van der Waals surface area contributed by atoms with Crippen molar-refractivity contribution >= 4 is 93.4 Å². The molecule has 31 heteroatoms. The van der Waals surface area contributed by atoms with Crippen molar-refractivity contribution < 1.29 is 79.3 Å². The summed E-state index contributed by atoms with van der Waals surface area (Å²) in [7, 11) is 0. The Hall–Kier alpha value is -11.2. The lowest BCUT2D eigenvalue weighted by Crippen LogP contribution is -2.75. The number of alkyl halides is 1. The summed E-state index contributed by atoms with van der Waals surface area (Å²) in [5, 5.41) is 36.7. The zero-order valence-corrected chi connectivity index (χ0v) is 73.9. The first kappa shape index (κ1) is 93.4. The van der Waals surface area contributed by atoms with Crippen LogP contribution in [0.4, 0.5) is 22.0 Å². The van der Waals surface area contributed by atoms with Crippen molar-refractivity contribution in [3.63, 3.8) is 0 Å². The Bertz CT molecular complexity index is 5580. The number of Topliss-reactive ketones (excluding diaryl/α,β-unsaturated/α-hetero) is 2. The topological polar surface area (TPSA) is 319 Å². The molecule has 3 unspecified atom stereocenters. The summed E-state index contributed by atoms with van der Waals surface area (Å²) in [6, 6.07) is 40.5. The number of nitrogens with one attached hydrogen (secondary N) is 6. The lowest BCUT2D eigenvalue weighted by molar-refractivity contribution is -0.165. The van der Waals surface area contributed by atoms with Crippen LogP contribution in [0.25, 0.3) is 0 Å². The van der Waals surface area contributed by atoms with Crippen LogP contribution in [-0.4, -0.2) is 117 Å². The molecule has 2 aromatic heterocycles. The summed E-state index contributed by atoms with van der Waals surface area (Å²) < 4.78 is 88.7. The van der Waals surface area contributed by atoms with E-state index < -0.39 is 29.4 Å². The van der Waals surface area contributed by atoms with E-state index in [1.165, 1.54) is 67.7 Å². The fourth-order valence-electron chi connectivity index (χ4n) is 19.7. The molecule has 666 valence electrons. The van der Waals surface area contributed by atoms with Crippen LogP contribution in [0.2, 0.25) is 20.1 Å². The highest BCUT2D eigenvalue weighted by atomic mass is 35.5. The molecule has 2 heterocycles. The molecular formula is C96H97Cl4F5N10O12. The van der Waals surface area contributed by atoms with Crippen LogP contribution in [0.5, 0.6) is 23.0 Å². The zero-order chi connectivity index (χ0) is 91.2. The summed E-state index contributed by atoms with van der Waals surface area (Å²) in [5.41, 5.74) is 2.37. The SMILES string of the molecule is CC(C)(C)c1ccc(C(=O)CC23CC(NC(=O)COc4ccc(Cl)c(F)c4)(C2)C3)cn1.CC(F)c1ccc(C(=O)CC23CC(NC(=O)COc4ccc(Cl)c(F)c4)(C2)C3)cn1.CC1CC2(NC(=O)COc3ccc(Cl)c(F)c3)CCC1(NC(=O)c1ccc(C#N)cc1)CC2.CC1CC2(NC(=O)COc3ccc(Cl)c(F)c3)CCC1(NC(=O)c1cccc(C#N)c1)CC2. The van der Waals surface area contributed by atoms with Gasteiger partial charge in [0.05, 0.1) is 49.0 Å². The van der Waals surface area contributed by atoms with E-state index in [2.05, 4.69) is 88.6 Å². The summed E-state index contributed by atoms with van der Waals surface area (Å²) in [5.74, 6) is -2.39. The molecule has 22 nitrogen and oxygen atoms in total. The van der Waals surface area contributed by atoms with Crippen molar-refractivity contribution in [1.82, 2.24) is 41.9 Å². The van der Waals surface area contributed by atoms with Crippen molar-refractivity contribution in [2.45, 2.75) is 202 Å². The second-order valence-electron chi connectivity index (χ2n) is 36.6. The van der Waals surface area contributed by atoms with Crippen molar-refractivity contribution in [2.75, 3.05) is 26.4 Å². The maximum atomic E-state index is 13.6. The molecule has 6 amide bonds. The average Bonchev–Trinajstić information content (AvgIpc) is 0.683. The number of hydrogen-bond donors (Lipinski definition) is 6. The number of aromatic nitrogens is 2. The Morgan fingerprint density at radius 2 is 0.780 bits per heavy atom. The lowest BCUT2D eigenvalue weighted by atomic mass is 9.38. The average molecular weight is 1820 g/mol. The second-order valence-corrected chi connectivity index (χ2v) is 38.2. The standard InChI is InChI=1S/2C25H25ClFN3O3.C24H26ClFN2O3.C22H21ClF2N2O3/c1-16-13-24(29-22(31)15-33-19-6-7-20(26)21(27)12-19)8-10-25(16,11-9-24)30-23(32)18-4-2-17(14-28)3-5-18;1-16-13-24(29-22(31)15-33-19-5-6-20(26)21(27)12-19)7-9-25(16,10-8-24)30-23(32)18-4-2-3-17(11-18)14-28;1-22(2,3)20-7-4-15(10-27-20)19(29)9-23-12-24(13-23,14-23)28-21(30)11-31-16-5-6-17(25)18(26)8-16;1-13(24)18-5-2-14(8-26-18)19(28)7-21-10-22(11-21,12-21)27-20(29)9-30-15-3-4-16(23)17(25)6-15/h2-7,12,16H,8-11,13,15H2,1H3,(H,29,31)(H,30,32);2-6,11-12,16H,7-10,13,15H2,1H3,(H,29,31)(H,30,32);4-8,10H,9,11-14H2,1-3H3,(H,28,30);2-6,8,13H,7,9-12H2,1H3,(H,27,29). The Morgan fingerprint density at radius 1 is 0.433 bits per heavy atom. The maximum Gasteiger partial charge on any atom is 0.258 e. The predicted octanol–water partition coefficient (Wildman–Crippen LogP) is 18.2. The van der Waals surface area contributed by atoms with E-state index in [4.69, 9.17) is 75.9 Å². The number of pyridine rings is 2. The van der Waals surface area contributed by atoms with Gasteiger partial charge in [0.1, 0.15) is 52.4 Å². The molecule has 6 N–H and O–H groups in total. The first-order valence-electron chi connectivity index (χ1n) is 42.0. The van der Waals surface area contributed by atoms with E-state index in [0.717, 1.165) is 133 Å². The largest absolute Gasteiger partial charge is 0.484 e. The van der Waals surface area contributed by atoms with E-state index in [1.807, 2.05) is 12.1 Å². The molecule has 6 aromatic carbocycles. The highest BCUT2D eigenvalue weighted by molar-refractivity contribution is 6.31. The van der Waals surface area contributed by atoms with Crippen LogP contribution < -0.4 is 50.8 Å². The molecule has 3 atom stereocenters. The van der Waals surface area contributed by atoms with E-state index in [-0.39, 0.29) is 178 Å². The number of nitrogens with zero attached hydrogens (tertiary/aromatic N) is 4. The molecule has 12 aliphatic rings. The van der Waals surface area contributed by atoms with Gasteiger partial charge in [-0.15, -0.1) is 0 Å². The first-order chi connectivity index (χ1) is 60.2. The van der Waals surface area contributed by atoms with Gasteiger partial charge in [-0.05, 0) is 248 Å². The van der Waals surface area contributed by atoms with Crippen LogP contribution in [-0.2, 0) is 24.6 Å². The third-order valence-electron chi connectivity index (χ3n) is 26.1. The van der Waals surface area contributed by atoms with Gasteiger partial charge >= 0.3 is 0 Å².